The van der Waals surface area contributed by atoms with Crippen molar-refractivity contribution in [1.82, 2.24) is 19.7 Å². The van der Waals surface area contributed by atoms with E-state index in [9.17, 15) is 8.78 Å². The third-order valence-corrected chi connectivity index (χ3v) is 5.15. The van der Waals surface area contributed by atoms with Crippen LogP contribution in [0, 0.1) is 11.6 Å². The van der Waals surface area contributed by atoms with Crippen molar-refractivity contribution in [2.24, 2.45) is 7.05 Å². The molecule has 9 heteroatoms. The summed E-state index contributed by atoms with van der Waals surface area (Å²) in [6.45, 7) is 1.62. The summed E-state index contributed by atoms with van der Waals surface area (Å²) in [4.78, 5) is 11.1. The van der Waals surface area contributed by atoms with Crippen LogP contribution >= 0.6 is 11.8 Å². The second-order valence-electron chi connectivity index (χ2n) is 5.80. The number of halogens is 2. The summed E-state index contributed by atoms with van der Waals surface area (Å²) in [6.07, 6.45) is 0. The van der Waals surface area contributed by atoms with Gasteiger partial charge in [0.1, 0.15) is 17.5 Å². The number of aryl methyl sites for hydroxylation is 1. The van der Waals surface area contributed by atoms with E-state index in [0.717, 1.165) is 30.7 Å². The first-order chi connectivity index (χ1) is 12.0. The number of thioether (sulfide) groups is 1. The van der Waals surface area contributed by atoms with Crippen LogP contribution in [0.1, 0.15) is 0 Å². The fraction of sp³-hybridized carbons (Fsp3) is 0.312. The zero-order chi connectivity index (χ0) is 17.6. The molecule has 1 aliphatic rings. The minimum atomic E-state index is -0.691. The van der Waals surface area contributed by atoms with Gasteiger partial charge >= 0.3 is 0 Å². The lowest BCUT2D eigenvalue weighted by Gasteiger charge is -2.26. The van der Waals surface area contributed by atoms with E-state index in [2.05, 4.69) is 15.1 Å². The number of hydrogen-bond acceptors (Lipinski definition) is 6. The zero-order valence-corrected chi connectivity index (χ0v) is 14.4. The van der Waals surface area contributed by atoms with Gasteiger partial charge < -0.3 is 10.6 Å². The average molecular weight is 362 g/mol. The molecule has 0 unspecified atom stereocenters. The maximum absolute atomic E-state index is 14.4. The van der Waals surface area contributed by atoms with Gasteiger partial charge in [-0.25, -0.2) is 13.8 Å². The van der Waals surface area contributed by atoms with E-state index < -0.39 is 11.6 Å². The molecule has 130 valence electrons. The molecular formula is C16H16F2N6S. The third-order valence-electron chi connectivity index (χ3n) is 4.21. The Labute approximate surface area is 147 Å². The number of aromatic nitrogens is 4. The van der Waals surface area contributed by atoms with Gasteiger partial charge in [0.05, 0.1) is 11.1 Å². The van der Waals surface area contributed by atoms with Gasteiger partial charge in [0.2, 0.25) is 5.95 Å². The number of benzene rings is 1. The predicted octanol–water partition coefficient (Wildman–Crippen LogP) is 2.44. The van der Waals surface area contributed by atoms with Crippen molar-refractivity contribution < 1.29 is 8.78 Å². The van der Waals surface area contributed by atoms with Crippen molar-refractivity contribution in [2.45, 2.75) is 0 Å². The van der Waals surface area contributed by atoms with Crippen molar-refractivity contribution in [3.63, 3.8) is 0 Å². The molecule has 0 bridgehead atoms. The standard InChI is InChI=1S/C16H16F2N6S/c1-23-14(19)12-13(10-3-2-9(17)8-11(10)18)20-16(21-15(12)22-23)24-4-6-25-7-5-24/h2-3,8H,4-7,19H2,1H3. The second-order valence-corrected chi connectivity index (χ2v) is 7.03. The quantitative estimate of drug-likeness (QED) is 0.755. The molecule has 6 nitrogen and oxygen atoms in total. The minimum Gasteiger partial charge on any atom is -0.383 e. The lowest BCUT2D eigenvalue weighted by molar-refractivity contribution is 0.585. The molecule has 0 spiro atoms. The average Bonchev–Trinajstić information content (AvgIpc) is 2.89. The highest BCUT2D eigenvalue weighted by Gasteiger charge is 2.22. The largest absolute Gasteiger partial charge is 0.383 e. The number of nitrogens with zero attached hydrogens (tertiary/aromatic N) is 5. The molecular weight excluding hydrogens is 346 g/mol. The molecule has 0 aliphatic carbocycles. The summed E-state index contributed by atoms with van der Waals surface area (Å²) in [5, 5.41) is 4.79. The highest BCUT2D eigenvalue weighted by Crippen LogP contribution is 2.33. The molecule has 0 atom stereocenters. The van der Waals surface area contributed by atoms with Crippen LogP contribution in [0.25, 0.3) is 22.3 Å². The van der Waals surface area contributed by atoms with Gasteiger partial charge in [-0.05, 0) is 12.1 Å². The lowest BCUT2D eigenvalue weighted by Crippen LogP contribution is -2.33. The Balaban J connectivity index is 1.96. The summed E-state index contributed by atoms with van der Waals surface area (Å²) < 4.78 is 29.2. The molecule has 0 radical (unpaired) electrons. The fourth-order valence-electron chi connectivity index (χ4n) is 2.88. The Kier molecular flexibility index (Phi) is 3.95. The van der Waals surface area contributed by atoms with E-state index in [0.29, 0.717) is 28.5 Å². The zero-order valence-electron chi connectivity index (χ0n) is 13.5. The SMILES string of the molecule is Cn1nc2nc(N3CCSCC3)nc(-c3ccc(F)cc3F)c2c1N. The van der Waals surface area contributed by atoms with Crippen LogP contribution in [0.2, 0.25) is 0 Å². The van der Waals surface area contributed by atoms with Crippen LogP contribution in [0.3, 0.4) is 0 Å². The van der Waals surface area contributed by atoms with Gasteiger partial charge in [-0.2, -0.15) is 21.8 Å². The Morgan fingerprint density at radius 2 is 1.92 bits per heavy atom. The lowest BCUT2D eigenvalue weighted by atomic mass is 10.1. The monoisotopic (exact) mass is 362 g/mol. The molecule has 2 N–H and O–H groups in total. The Morgan fingerprint density at radius 1 is 1.16 bits per heavy atom. The first-order valence-corrected chi connectivity index (χ1v) is 8.98. The van der Waals surface area contributed by atoms with Crippen molar-refractivity contribution in [1.29, 1.82) is 0 Å². The number of rotatable bonds is 2. The number of hydrogen-bond donors (Lipinski definition) is 1. The van der Waals surface area contributed by atoms with Gasteiger partial charge in [0.15, 0.2) is 5.65 Å². The summed E-state index contributed by atoms with van der Waals surface area (Å²) in [5.41, 5.74) is 7.01. The molecule has 2 aromatic heterocycles. The fourth-order valence-corrected chi connectivity index (χ4v) is 3.79. The maximum atomic E-state index is 14.4. The van der Waals surface area contributed by atoms with Crippen LogP contribution in [-0.4, -0.2) is 44.3 Å². The normalized spacial score (nSPS) is 15.1. The molecule has 25 heavy (non-hydrogen) atoms. The van der Waals surface area contributed by atoms with Crippen molar-refractivity contribution in [2.75, 3.05) is 35.2 Å². The van der Waals surface area contributed by atoms with Gasteiger partial charge in [-0.15, -0.1) is 0 Å². The van der Waals surface area contributed by atoms with E-state index in [1.54, 1.807) is 7.05 Å². The van der Waals surface area contributed by atoms with E-state index in [-0.39, 0.29) is 5.56 Å². The molecule has 4 rings (SSSR count). The van der Waals surface area contributed by atoms with Gasteiger partial charge in [0.25, 0.3) is 0 Å². The highest BCUT2D eigenvalue weighted by molar-refractivity contribution is 7.99. The van der Waals surface area contributed by atoms with Crippen molar-refractivity contribution >= 4 is 34.6 Å². The number of fused-ring (bicyclic) bond motifs is 1. The second kappa shape index (κ2) is 6.14. The van der Waals surface area contributed by atoms with Crippen LogP contribution in [0.4, 0.5) is 20.5 Å². The van der Waals surface area contributed by atoms with Gasteiger partial charge in [-0.1, -0.05) is 0 Å². The summed E-state index contributed by atoms with van der Waals surface area (Å²) in [6, 6.07) is 3.41. The molecule has 1 aromatic carbocycles. The predicted molar refractivity (Wildman–Crippen MR) is 95.6 cm³/mol. The van der Waals surface area contributed by atoms with Gasteiger partial charge in [-0.3, -0.25) is 4.68 Å². The number of nitrogen functional groups attached to an aromatic ring is 1. The molecule has 1 fully saturated rings. The van der Waals surface area contributed by atoms with Crippen LogP contribution < -0.4 is 10.6 Å². The Bertz CT molecular complexity index is 951. The molecule has 0 amide bonds. The van der Waals surface area contributed by atoms with E-state index in [1.165, 1.54) is 16.8 Å². The number of anilines is 2. The molecule has 1 aliphatic heterocycles. The molecule has 3 aromatic rings. The summed E-state index contributed by atoms with van der Waals surface area (Å²) >= 11 is 1.87. The van der Waals surface area contributed by atoms with Crippen LogP contribution in [0.5, 0.6) is 0 Å². The summed E-state index contributed by atoms with van der Waals surface area (Å²) in [5.74, 6) is 1.46. The molecule has 0 saturated carbocycles. The smallest absolute Gasteiger partial charge is 0.228 e. The van der Waals surface area contributed by atoms with Crippen molar-refractivity contribution in [3.05, 3.63) is 29.8 Å². The maximum Gasteiger partial charge on any atom is 0.228 e. The van der Waals surface area contributed by atoms with E-state index >= 15 is 0 Å². The third kappa shape index (κ3) is 2.78. The van der Waals surface area contributed by atoms with Crippen LogP contribution in [-0.2, 0) is 7.05 Å². The molecule has 3 heterocycles. The van der Waals surface area contributed by atoms with Crippen LogP contribution in [0.15, 0.2) is 18.2 Å². The first kappa shape index (κ1) is 16.1. The Hall–Kier alpha value is -2.42. The highest BCUT2D eigenvalue weighted by atomic mass is 32.2. The topological polar surface area (TPSA) is 72.9 Å². The van der Waals surface area contributed by atoms with E-state index in [4.69, 9.17) is 5.73 Å². The van der Waals surface area contributed by atoms with Crippen molar-refractivity contribution in [3.8, 4) is 11.3 Å². The molecule has 1 saturated heterocycles. The van der Waals surface area contributed by atoms with E-state index in [1.807, 2.05) is 16.7 Å². The number of nitrogens with two attached hydrogens (primary N) is 1. The minimum absolute atomic E-state index is 0.182. The first-order valence-electron chi connectivity index (χ1n) is 7.83. The Morgan fingerprint density at radius 3 is 2.64 bits per heavy atom. The summed E-state index contributed by atoms with van der Waals surface area (Å²) in [7, 11) is 1.69. The van der Waals surface area contributed by atoms with Gasteiger partial charge in [0, 0.05) is 43.3 Å².